The minimum Gasteiger partial charge on any atom is -0.477 e. The number of anilines is 1. The number of hydrogen-bond acceptors (Lipinski definition) is 4. The van der Waals surface area contributed by atoms with Crippen molar-refractivity contribution in [3.8, 4) is 5.75 Å². The smallest absolute Gasteiger partial charge is 0.260 e. The lowest BCUT2D eigenvalue weighted by Gasteiger charge is -2.14. The van der Waals surface area contributed by atoms with E-state index in [9.17, 15) is 4.79 Å². The topological polar surface area (TPSA) is 77.2 Å². The van der Waals surface area contributed by atoms with Crippen molar-refractivity contribution in [3.63, 3.8) is 0 Å². The van der Waals surface area contributed by atoms with Gasteiger partial charge >= 0.3 is 0 Å². The Kier molecular flexibility index (Phi) is 4.57. The van der Waals surface area contributed by atoms with Crippen molar-refractivity contribution in [1.29, 1.82) is 0 Å². The molecule has 1 aromatic heterocycles. The monoisotopic (exact) mass is 223 g/mol. The molecule has 1 atom stereocenters. The summed E-state index contributed by atoms with van der Waals surface area (Å²) in [6.45, 7) is 4.32. The summed E-state index contributed by atoms with van der Waals surface area (Å²) >= 11 is 0. The number of rotatable bonds is 5. The van der Waals surface area contributed by atoms with E-state index >= 15 is 0 Å². The SMILES string of the molecule is CCCNC(=O)C(C)Oc1cccnc1N. The second-order valence-electron chi connectivity index (χ2n) is 3.44. The molecule has 16 heavy (non-hydrogen) atoms. The molecule has 0 aliphatic heterocycles. The molecule has 1 rings (SSSR count). The van der Waals surface area contributed by atoms with Gasteiger partial charge in [0.15, 0.2) is 17.7 Å². The molecule has 5 heteroatoms. The summed E-state index contributed by atoms with van der Waals surface area (Å²) in [4.78, 5) is 15.4. The number of nitrogen functional groups attached to an aromatic ring is 1. The van der Waals surface area contributed by atoms with Gasteiger partial charge in [0, 0.05) is 12.7 Å². The van der Waals surface area contributed by atoms with Crippen molar-refractivity contribution >= 4 is 11.7 Å². The predicted molar refractivity (Wildman–Crippen MR) is 62.0 cm³/mol. The molecule has 1 unspecified atom stereocenters. The minimum absolute atomic E-state index is 0.148. The normalized spacial score (nSPS) is 11.9. The molecule has 0 aromatic carbocycles. The number of carbonyl (C=O) groups excluding carboxylic acids is 1. The Balaban J connectivity index is 2.54. The van der Waals surface area contributed by atoms with Crippen LogP contribution in [0.3, 0.4) is 0 Å². The average molecular weight is 223 g/mol. The Bertz CT molecular complexity index is 355. The third-order valence-corrected chi connectivity index (χ3v) is 2.02. The van der Waals surface area contributed by atoms with Crippen LogP contribution in [0, 0.1) is 0 Å². The molecule has 0 fully saturated rings. The Morgan fingerprint density at radius 1 is 1.69 bits per heavy atom. The van der Waals surface area contributed by atoms with Crippen molar-refractivity contribution in [1.82, 2.24) is 10.3 Å². The van der Waals surface area contributed by atoms with Gasteiger partial charge in [-0.25, -0.2) is 4.98 Å². The number of ether oxygens (including phenoxy) is 1. The van der Waals surface area contributed by atoms with Crippen LogP contribution in [0.25, 0.3) is 0 Å². The molecule has 0 saturated carbocycles. The fourth-order valence-electron chi connectivity index (χ4n) is 1.14. The third kappa shape index (κ3) is 3.42. The number of nitrogens with zero attached hydrogens (tertiary/aromatic N) is 1. The van der Waals surface area contributed by atoms with Gasteiger partial charge in [-0.15, -0.1) is 0 Å². The number of amides is 1. The first-order valence-corrected chi connectivity index (χ1v) is 5.30. The van der Waals surface area contributed by atoms with Gasteiger partial charge in [-0.2, -0.15) is 0 Å². The zero-order valence-corrected chi connectivity index (χ0v) is 9.56. The van der Waals surface area contributed by atoms with Gasteiger partial charge < -0.3 is 15.8 Å². The van der Waals surface area contributed by atoms with Crippen LogP contribution in [0.1, 0.15) is 20.3 Å². The zero-order valence-electron chi connectivity index (χ0n) is 9.56. The van der Waals surface area contributed by atoms with Crippen molar-refractivity contribution in [3.05, 3.63) is 18.3 Å². The standard InChI is InChI=1S/C11H17N3O2/c1-3-6-14-11(15)8(2)16-9-5-4-7-13-10(9)12/h4-5,7-8H,3,6H2,1-2H3,(H2,12,13)(H,14,15). The molecular weight excluding hydrogens is 206 g/mol. The fraction of sp³-hybridized carbons (Fsp3) is 0.455. The molecule has 88 valence electrons. The highest BCUT2D eigenvalue weighted by atomic mass is 16.5. The minimum atomic E-state index is -0.571. The molecule has 0 spiro atoms. The Morgan fingerprint density at radius 3 is 3.06 bits per heavy atom. The van der Waals surface area contributed by atoms with Crippen LogP contribution in [-0.4, -0.2) is 23.5 Å². The summed E-state index contributed by atoms with van der Waals surface area (Å²) in [7, 11) is 0. The lowest BCUT2D eigenvalue weighted by Crippen LogP contribution is -2.36. The van der Waals surface area contributed by atoms with Crippen LogP contribution >= 0.6 is 0 Å². The second kappa shape index (κ2) is 5.95. The van der Waals surface area contributed by atoms with Crippen LogP contribution in [-0.2, 0) is 4.79 Å². The van der Waals surface area contributed by atoms with Crippen molar-refractivity contribution in [2.24, 2.45) is 0 Å². The van der Waals surface area contributed by atoms with E-state index in [-0.39, 0.29) is 11.7 Å². The first kappa shape index (κ1) is 12.3. The average Bonchev–Trinajstić information content (AvgIpc) is 2.28. The van der Waals surface area contributed by atoms with Gasteiger partial charge in [-0.1, -0.05) is 6.92 Å². The number of nitrogens with two attached hydrogens (primary N) is 1. The number of pyridine rings is 1. The summed E-state index contributed by atoms with van der Waals surface area (Å²) in [6.07, 6.45) is 1.90. The Hall–Kier alpha value is -1.78. The van der Waals surface area contributed by atoms with Crippen LogP contribution < -0.4 is 15.8 Å². The van der Waals surface area contributed by atoms with Crippen LogP contribution in [0.5, 0.6) is 5.75 Å². The first-order chi connectivity index (χ1) is 7.65. The lowest BCUT2D eigenvalue weighted by atomic mass is 10.3. The molecule has 1 aromatic rings. The zero-order chi connectivity index (χ0) is 12.0. The number of carbonyl (C=O) groups is 1. The van der Waals surface area contributed by atoms with E-state index in [1.165, 1.54) is 0 Å². The molecule has 0 aliphatic carbocycles. The molecule has 0 aliphatic rings. The van der Waals surface area contributed by atoms with Crippen LogP contribution in [0.2, 0.25) is 0 Å². The van der Waals surface area contributed by atoms with Gasteiger partial charge in [0.25, 0.3) is 5.91 Å². The highest BCUT2D eigenvalue weighted by Crippen LogP contribution is 2.18. The molecular formula is C11H17N3O2. The highest BCUT2D eigenvalue weighted by Gasteiger charge is 2.14. The second-order valence-corrected chi connectivity index (χ2v) is 3.44. The van der Waals surface area contributed by atoms with E-state index in [2.05, 4.69) is 10.3 Å². The van der Waals surface area contributed by atoms with Gasteiger partial charge in [0.05, 0.1) is 0 Å². The van der Waals surface area contributed by atoms with Crippen LogP contribution in [0.15, 0.2) is 18.3 Å². The van der Waals surface area contributed by atoms with Crippen molar-refractivity contribution < 1.29 is 9.53 Å². The third-order valence-electron chi connectivity index (χ3n) is 2.02. The van der Waals surface area contributed by atoms with Gasteiger partial charge in [0.1, 0.15) is 0 Å². The van der Waals surface area contributed by atoms with Crippen LogP contribution in [0.4, 0.5) is 5.82 Å². The summed E-state index contributed by atoms with van der Waals surface area (Å²) in [6, 6.07) is 3.40. The van der Waals surface area contributed by atoms with Gasteiger partial charge in [0.2, 0.25) is 0 Å². The number of aromatic nitrogens is 1. The summed E-state index contributed by atoms with van der Waals surface area (Å²) in [5, 5.41) is 2.75. The molecule has 0 bridgehead atoms. The maximum absolute atomic E-state index is 11.5. The Morgan fingerprint density at radius 2 is 2.44 bits per heavy atom. The molecule has 1 amide bonds. The predicted octanol–water partition coefficient (Wildman–Crippen LogP) is 0.957. The van der Waals surface area contributed by atoms with E-state index in [0.717, 1.165) is 6.42 Å². The van der Waals surface area contributed by atoms with E-state index in [4.69, 9.17) is 10.5 Å². The number of hydrogen-bond donors (Lipinski definition) is 2. The molecule has 3 N–H and O–H groups in total. The summed E-state index contributed by atoms with van der Waals surface area (Å²) < 4.78 is 5.40. The lowest BCUT2D eigenvalue weighted by molar-refractivity contribution is -0.127. The largest absolute Gasteiger partial charge is 0.477 e. The number of nitrogens with one attached hydrogen (secondary N) is 1. The van der Waals surface area contributed by atoms with Crippen molar-refractivity contribution in [2.45, 2.75) is 26.4 Å². The molecule has 1 heterocycles. The van der Waals surface area contributed by atoms with Crippen molar-refractivity contribution in [2.75, 3.05) is 12.3 Å². The van der Waals surface area contributed by atoms with E-state index in [1.807, 2.05) is 6.92 Å². The van der Waals surface area contributed by atoms with Gasteiger partial charge in [-0.3, -0.25) is 4.79 Å². The quantitative estimate of drug-likeness (QED) is 0.779. The summed E-state index contributed by atoms with van der Waals surface area (Å²) in [5.41, 5.74) is 5.60. The van der Waals surface area contributed by atoms with E-state index in [0.29, 0.717) is 12.3 Å². The molecule has 0 saturated heterocycles. The summed E-state index contributed by atoms with van der Waals surface area (Å²) in [5.74, 6) is 0.574. The Labute approximate surface area is 95.0 Å². The maximum Gasteiger partial charge on any atom is 0.260 e. The van der Waals surface area contributed by atoms with E-state index in [1.54, 1.807) is 25.3 Å². The highest BCUT2D eigenvalue weighted by molar-refractivity contribution is 5.80. The molecule has 0 radical (unpaired) electrons. The van der Waals surface area contributed by atoms with E-state index < -0.39 is 6.10 Å². The van der Waals surface area contributed by atoms with Gasteiger partial charge in [-0.05, 0) is 25.5 Å². The first-order valence-electron chi connectivity index (χ1n) is 5.30. The maximum atomic E-state index is 11.5. The molecule has 5 nitrogen and oxygen atoms in total. The fourth-order valence-corrected chi connectivity index (χ4v) is 1.14.